The predicted molar refractivity (Wildman–Crippen MR) is 98.4 cm³/mol. The number of hydrogen-bond donors (Lipinski definition) is 1. The number of carbonyl (C=O) groups excluding carboxylic acids is 1. The molecule has 0 fully saturated rings. The van der Waals surface area contributed by atoms with E-state index in [1.54, 1.807) is 16.8 Å². The number of carbonyl (C=O) groups is 1. The van der Waals surface area contributed by atoms with Crippen LogP contribution in [0.3, 0.4) is 0 Å². The van der Waals surface area contributed by atoms with E-state index in [2.05, 4.69) is 41.6 Å². The van der Waals surface area contributed by atoms with Crippen LogP contribution in [0.1, 0.15) is 26.3 Å². The fourth-order valence-electron chi connectivity index (χ4n) is 2.56. The van der Waals surface area contributed by atoms with Crippen LogP contribution in [-0.4, -0.2) is 32.7 Å². The molecule has 26 heavy (non-hydrogen) atoms. The highest BCUT2D eigenvalue weighted by molar-refractivity contribution is 5.92. The zero-order valence-electron chi connectivity index (χ0n) is 15.0. The molecule has 0 aliphatic carbocycles. The average molecular weight is 351 g/mol. The molecule has 1 N–H and O–H groups in total. The number of ether oxygens (including phenoxy) is 1. The molecule has 7 heteroatoms. The van der Waals surface area contributed by atoms with Crippen LogP contribution in [-0.2, 0) is 10.2 Å². The first-order chi connectivity index (χ1) is 12.4. The number of para-hydroxylation sites is 1. The van der Waals surface area contributed by atoms with Gasteiger partial charge >= 0.3 is 0 Å². The first kappa shape index (κ1) is 17.6. The second kappa shape index (κ2) is 7.35. The van der Waals surface area contributed by atoms with Crippen LogP contribution in [0.4, 0.5) is 5.69 Å². The van der Waals surface area contributed by atoms with Crippen molar-refractivity contribution in [2.75, 3.05) is 11.9 Å². The lowest BCUT2D eigenvalue weighted by Gasteiger charge is -2.23. The molecule has 7 nitrogen and oxygen atoms in total. The number of hydrogen-bond acceptors (Lipinski definition) is 5. The zero-order valence-corrected chi connectivity index (χ0v) is 15.0. The third kappa shape index (κ3) is 4.24. The van der Waals surface area contributed by atoms with Crippen LogP contribution in [0, 0.1) is 0 Å². The number of nitrogens with one attached hydrogen (secondary N) is 1. The second-order valence-electron chi connectivity index (χ2n) is 6.88. The Bertz CT molecular complexity index is 868. The number of anilines is 1. The van der Waals surface area contributed by atoms with Gasteiger partial charge in [0.2, 0.25) is 0 Å². The van der Waals surface area contributed by atoms with Gasteiger partial charge in [-0.15, -0.1) is 5.10 Å². The maximum absolute atomic E-state index is 12.3. The third-order valence-corrected chi connectivity index (χ3v) is 3.83. The van der Waals surface area contributed by atoms with Gasteiger partial charge in [-0.2, -0.15) is 0 Å². The lowest BCUT2D eigenvalue weighted by molar-refractivity contribution is -0.118. The van der Waals surface area contributed by atoms with Gasteiger partial charge in [-0.05, 0) is 51.7 Å². The number of amides is 1. The zero-order chi connectivity index (χ0) is 18.6. The Morgan fingerprint density at radius 2 is 1.85 bits per heavy atom. The molecule has 0 unspecified atom stereocenters. The highest BCUT2D eigenvalue weighted by Gasteiger charge is 2.18. The molecule has 0 saturated heterocycles. The Hall–Kier alpha value is -3.22. The smallest absolute Gasteiger partial charge is 0.262 e. The van der Waals surface area contributed by atoms with Gasteiger partial charge in [-0.25, -0.2) is 4.68 Å². The monoisotopic (exact) mass is 351 g/mol. The van der Waals surface area contributed by atoms with Crippen LogP contribution in [0.15, 0.2) is 54.9 Å². The molecule has 134 valence electrons. The Morgan fingerprint density at radius 3 is 2.50 bits per heavy atom. The van der Waals surface area contributed by atoms with Gasteiger partial charge in [-0.3, -0.25) is 4.79 Å². The minimum atomic E-state index is -0.203. The van der Waals surface area contributed by atoms with E-state index in [-0.39, 0.29) is 17.9 Å². The molecule has 0 aliphatic heterocycles. The number of tetrazole rings is 1. The van der Waals surface area contributed by atoms with E-state index >= 15 is 0 Å². The summed E-state index contributed by atoms with van der Waals surface area (Å²) in [6.45, 7) is 6.27. The third-order valence-electron chi connectivity index (χ3n) is 3.83. The Labute approximate surface area is 152 Å². The lowest BCUT2D eigenvalue weighted by Crippen LogP contribution is -2.23. The van der Waals surface area contributed by atoms with Crippen molar-refractivity contribution in [1.82, 2.24) is 20.2 Å². The molecule has 0 atom stereocenters. The van der Waals surface area contributed by atoms with Gasteiger partial charge in [0.15, 0.2) is 6.61 Å². The fraction of sp³-hybridized carbons (Fsp3) is 0.263. The Kier molecular flexibility index (Phi) is 4.97. The van der Waals surface area contributed by atoms with Crippen molar-refractivity contribution in [3.8, 4) is 11.4 Å². The van der Waals surface area contributed by atoms with Crippen LogP contribution in [0.2, 0.25) is 0 Å². The lowest BCUT2D eigenvalue weighted by atomic mass is 9.86. The molecular weight excluding hydrogens is 330 g/mol. The van der Waals surface area contributed by atoms with Crippen LogP contribution in [0.5, 0.6) is 5.75 Å². The quantitative estimate of drug-likeness (QED) is 0.764. The molecule has 1 amide bonds. The van der Waals surface area contributed by atoms with Crippen molar-refractivity contribution in [2.24, 2.45) is 0 Å². The van der Waals surface area contributed by atoms with Gasteiger partial charge in [0.1, 0.15) is 12.1 Å². The van der Waals surface area contributed by atoms with E-state index in [1.165, 1.54) is 6.33 Å². The molecular formula is C19H21N5O2. The molecule has 0 radical (unpaired) electrons. The highest BCUT2D eigenvalue weighted by atomic mass is 16.5. The molecule has 0 aliphatic rings. The van der Waals surface area contributed by atoms with Crippen LogP contribution < -0.4 is 10.1 Å². The van der Waals surface area contributed by atoms with Gasteiger partial charge in [0.25, 0.3) is 5.91 Å². The van der Waals surface area contributed by atoms with Gasteiger partial charge in [0, 0.05) is 5.69 Å². The summed E-state index contributed by atoms with van der Waals surface area (Å²) >= 11 is 0. The highest BCUT2D eigenvalue weighted by Crippen LogP contribution is 2.29. The molecule has 1 aromatic heterocycles. The van der Waals surface area contributed by atoms with Crippen molar-refractivity contribution >= 4 is 11.6 Å². The van der Waals surface area contributed by atoms with E-state index in [1.807, 2.05) is 36.4 Å². The van der Waals surface area contributed by atoms with Gasteiger partial charge in [0.05, 0.1) is 5.69 Å². The largest absolute Gasteiger partial charge is 0.484 e. The molecule has 1 heterocycles. The maximum Gasteiger partial charge on any atom is 0.262 e. The Morgan fingerprint density at radius 1 is 1.12 bits per heavy atom. The number of benzene rings is 2. The minimum absolute atomic E-state index is 0.0588. The van der Waals surface area contributed by atoms with E-state index < -0.39 is 0 Å². The molecule has 0 bridgehead atoms. The van der Waals surface area contributed by atoms with Crippen molar-refractivity contribution in [1.29, 1.82) is 0 Å². The Balaban J connectivity index is 1.60. The first-order valence-electron chi connectivity index (χ1n) is 8.29. The minimum Gasteiger partial charge on any atom is -0.484 e. The number of rotatable bonds is 5. The summed E-state index contributed by atoms with van der Waals surface area (Å²) in [7, 11) is 0. The van der Waals surface area contributed by atoms with E-state index in [9.17, 15) is 4.79 Å². The van der Waals surface area contributed by atoms with Crippen molar-refractivity contribution in [3.05, 3.63) is 60.4 Å². The van der Waals surface area contributed by atoms with Crippen LogP contribution >= 0.6 is 0 Å². The summed E-state index contributed by atoms with van der Waals surface area (Å²) in [5.41, 5.74) is 2.64. The second-order valence-corrected chi connectivity index (χ2v) is 6.88. The van der Waals surface area contributed by atoms with Gasteiger partial charge in [-0.1, -0.05) is 39.0 Å². The molecule has 3 rings (SSSR count). The van der Waals surface area contributed by atoms with Crippen molar-refractivity contribution in [3.63, 3.8) is 0 Å². The summed E-state index contributed by atoms with van der Waals surface area (Å²) in [5.74, 6) is 0.396. The molecule has 2 aromatic carbocycles. The number of nitrogens with zero attached hydrogens (tertiary/aromatic N) is 4. The van der Waals surface area contributed by atoms with E-state index in [0.29, 0.717) is 5.75 Å². The summed E-state index contributed by atoms with van der Waals surface area (Å²) in [6.07, 6.45) is 1.51. The predicted octanol–water partition coefficient (Wildman–Crippen LogP) is 2.98. The molecule has 3 aromatic rings. The molecule has 0 spiro atoms. The summed E-state index contributed by atoms with van der Waals surface area (Å²) < 4.78 is 7.11. The average Bonchev–Trinajstić information content (AvgIpc) is 3.15. The van der Waals surface area contributed by atoms with Crippen LogP contribution in [0.25, 0.3) is 5.69 Å². The van der Waals surface area contributed by atoms with E-state index in [0.717, 1.165) is 16.9 Å². The molecule has 0 saturated carbocycles. The topological polar surface area (TPSA) is 81.9 Å². The van der Waals surface area contributed by atoms with Crippen molar-refractivity contribution < 1.29 is 9.53 Å². The van der Waals surface area contributed by atoms with E-state index in [4.69, 9.17) is 4.74 Å². The normalized spacial score (nSPS) is 11.2. The summed E-state index contributed by atoms with van der Waals surface area (Å²) in [5, 5.41) is 13.9. The summed E-state index contributed by atoms with van der Waals surface area (Å²) in [4.78, 5) is 12.3. The summed E-state index contributed by atoms with van der Waals surface area (Å²) in [6, 6.07) is 15.0. The standard InChI is InChI=1S/C19H21N5O2/c1-19(2,3)16-6-4-5-7-17(16)21-18(25)12-26-15-10-8-14(9-11-15)24-13-20-22-23-24/h4-11,13H,12H2,1-3H3,(H,21,25). The fourth-order valence-corrected chi connectivity index (χ4v) is 2.56. The number of aromatic nitrogens is 4. The SMILES string of the molecule is CC(C)(C)c1ccccc1NC(=O)COc1ccc(-n2cnnn2)cc1. The van der Waals surface area contributed by atoms with Gasteiger partial charge < -0.3 is 10.1 Å². The first-order valence-corrected chi connectivity index (χ1v) is 8.29. The van der Waals surface area contributed by atoms with Crippen molar-refractivity contribution in [2.45, 2.75) is 26.2 Å². The maximum atomic E-state index is 12.3.